The molecule has 23 heavy (non-hydrogen) atoms. The summed E-state index contributed by atoms with van der Waals surface area (Å²) in [6, 6.07) is 13.0. The van der Waals surface area contributed by atoms with E-state index in [1.807, 2.05) is 0 Å². The first-order valence-electron chi connectivity index (χ1n) is 8.99. The predicted molar refractivity (Wildman–Crippen MR) is 105 cm³/mol. The average Bonchev–Trinajstić information content (AvgIpc) is 2.61. The van der Waals surface area contributed by atoms with Gasteiger partial charge < -0.3 is 0 Å². The summed E-state index contributed by atoms with van der Waals surface area (Å²) in [4.78, 5) is 0.107. The van der Waals surface area contributed by atoms with E-state index in [0.717, 1.165) is 19.3 Å². The van der Waals surface area contributed by atoms with E-state index in [-0.39, 0.29) is 4.87 Å². The van der Waals surface area contributed by atoms with Crippen molar-refractivity contribution in [2.45, 2.75) is 64.2 Å². The Labute approximate surface area is 146 Å². The van der Waals surface area contributed by atoms with Crippen LogP contribution < -0.4 is 0 Å². The second-order valence-corrected chi connectivity index (χ2v) is 7.23. The molecule has 0 aromatic heterocycles. The molecule has 0 unspecified atom stereocenters. The zero-order valence-corrected chi connectivity index (χ0v) is 15.5. The molecule has 0 saturated heterocycles. The fraction of sp³-hybridized carbons (Fsp3) is 0.455. The van der Waals surface area contributed by atoms with Crippen LogP contribution in [0.15, 0.2) is 42.5 Å². The zero-order chi connectivity index (χ0) is 16.7. The Balaban J connectivity index is 0.000000175. The van der Waals surface area contributed by atoms with Crippen LogP contribution in [0.4, 0.5) is 0 Å². The van der Waals surface area contributed by atoms with Gasteiger partial charge in [0, 0.05) is 4.87 Å². The van der Waals surface area contributed by atoms with Gasteiger partial charge in [0.1, 0.15) is 0 Å². The van der Waals surface area contributed by atoms with E-state index in [2.05, 4.69) is 69.3 Å². The highest BCUT2D eigenvalue weighted by Gasteiger charge is 2.20. The summed E-state index contributed by atoms with van der Waals surface area (Å²) in [5.41, 5.74) is 2.81. The summed E-state index contributed by atoms with van der Waals surface area (Å²) in [5, 5.41) is 2.80. The molecular weight excluding hydrogens is 300 g/mol. The summed E-state index contributed by atoms with van der Waals surface area (Å²) in [5.74, 6) is 0. The molecular formula is C22H29Cl. The van der Waals surface area contributed by atoms with Crippen LogP contribution in [0.25, 0.3) is 16.8 Å². The summed E-state index contributed by atoms with van der Waals surface area (Å²) >= 11 is 6.29. The van der Waals surface area contributed by atoms with E-state index in [9.17, 15) is 0 Å². The lowest BCUT2D eigenvalue weighted by Crippen LogP contribution is -2.18. The molecule has 0 nitrogen and oxygen atoms in total. The lowest BCUT2D eigenvalue weighted by atomic mass is 9.93. The first-order chi connectivity index (χ1) is 11.1. The van der Waals surface area contributed by atoms with E-state index < -0.39 is 0 Å². The van der Waals surface area contributed by atoms with Crippen molar-refractivity contribution in [3.63, 3.8) is 0 Å². The Kier molecular flexibility index (Phi) is 6.72. The smallest absolute Gasteiger partial charge is 0.0441 e. The Morgan fingerprint density at radius 3 is 2.35 bits per heavy atom. The molecule has 0 radical (unpaired) electrons. The topological polar surface area (TPSA) is 0 Å². The Morgan fingerprint density at radius 2 is 1.70 bits per heavy atom. The summed E-state index contributed by atoms with van der Waals surface area (Å²) in [6.07, 6.45) is 11.4. The maximum atomic E-state index is 6.29. The number of unbranched alkanes of at least 4 members (excludes halogenated alkanes) is 1. The summed E-state index contributed by atoms with van der Waals surface area (Å²) in [6.45, 7) is 6.56. The molecule has 0 N–H and O–H groups in total. The van der Waals surface area contributed by atoms with Crippen molar-refractivity contribution < 1.29 is 0 Å². The minimum absolute atomic E-state index is 0.107. The van der Waals surface area contributed by atoms with E-state index in [0.29, 0.717) is 0 Å². The third-order valence-electron chi connectivity index (χ3n) is 4.90. The van der Waals surface area contributed by atoms with Crippen molar-refractivity contribution >= 4 is 28.4 Å². The van der Waals surface area contributed by atoms with Crippen molar-refractivity contribution in [2.24, 2.45) is 0 Å². The van der Waals surface area contributed by atoms with Gasteiger partial charge in [0.15, 0.2) is 0 Å². The third-order valence-corrected chi connectivity index (χ3v) is 5.63. The Bertz CT molecular complexity index is 645. The molecule has 1 aliphatic rings. The Morgan fingerprint density at radius 1 is 1.00 bits per heavy atom. The molecule has 0 aliphatic heterocycles. The molecule has 2 aromatic carbocycles. The van der Waals surface area contributed by atoms with Gasteiger partial charge in [-0.3, -0.25) is 0 Å². The lowest BCUT2D eigenvalue weighted by molar-refractivity contribution is 0.476. The molecule has 0 fully saturated rings. The molecule has 0 saturated carbocycles. The highest BCUT2D eigenvalue weighted by atomic mass is 35.5. The van der Waals surface area contributed by atoms with Crippen molar-refractivity contribution in [3.8, 4) is 0 Å². The summed E-state index contributed by atoms with van der Waals surface area (Å²) < 4.78 is 0. The highest BCUT2D eigenvalue weighted by molar-refractivity contribution is 6.23. The summed E-state index contributed by atoms with van der Waals surface area (Å²) in [7, 11) is 0. The Hall–Kier alpha value is -1.27. The molecule has 2 aromatic rings. The number of halogens is 1. The van der Waals surface area contributed by atoms with E-state index in [4.69, 9.17) is 11.6 Å². The SMILES string of the molecule is C1=Cc2cccc3cccc(c23)C1.CCCCC(Cl)(CC)CC. The van der Waals surface area contributed by atoms with Gasteiger partial charge in [-0.2, -0.15) is 0 Å². The standard InChI is InChI=1S/C13H10.C9H19Cl/c1-4-10-6-2-8-12-9-3-7-11(5-1)13(10)12;1-4-7-8-9(10,5-2)6-3/h1-8H,9H2;4-8H2,1-3H3. The molecule has 0 amide bonds. The van der Waals surface area contributed by atoms with Gasteiger partial charge in [0.05, 0.1) is 0 Å². The normalized spacial score (nSPS) is 12.9. The lowest BCUT2D eigenvalue weighted by Gasteiger charge is -2.23. The van der Waals surface area contributed by atoms with Crippen LogP contribution in [-0.4, -0.2) is 4.87 Å². The van der Waals surface area contributed by atoms with Gasteiger partial charge in [-0.25, -0.2) is 0 Å². The number of benzene rings is 2. The largest absolute Gasteiger partial charge is 0.119 e. The minimum atomic E-state index is 0.107. The van der Waals surface area contributed by atoms with E-state index in [1.54, 1.807) is 0 Å². The number of hydrogen-bond acceptors (Lipinski definition) is 0. The van der Waals surface area contributed by atoms with Gasteiger partial charge in [0.25, 0.3) is 0 Å². The van der Waals surface area contributed by atoms with Gasteiger partial charge in [0.2, 0.25) is 0 Å². The molecule has 3 rings (SSSR count). The zero-order valence-electron chi connectivity index (χ0n) is 14.7. The number of alkyl halides is 1. The molecule has 124 valence electrons. The molecule has 0 spiro atoms. The number of hydrogen-bond donors (Lipinski definition) is 0. The van der Waals surface area contributed by atoms with Crippen LogP contribution in [0.5, 0.6) is 0 Å². The van der Waals surface area contributed by atoms with Gasteiger partial charge in [-0.1, -0.05) is 82.2 Å². The average molecular weight is 329 g/mol. The fourth-order valence-electron chi connectivity index (χ4n) is 3.17. The highest BCUT2D eigenvalue weighted by Crippen LogP contribution is 2.29. The van der Waals surface area contributed by atoms with E-state index in [1.165, 1.54) is 41.2 Å². The van der Waals surface area contributed by atoms with Crippen molar-refractivity contribution in [1.29, 1.82) is 0 Å². The van der Waals surface area contributed by atoms with Crippen LogP contribution >= 0.6 is 11.6 Å². The second kappa shape index (κ2) is 8.55. The van der Waals surface area contributed by atoms with Crippen LogP contribution in [0.1, 0.15) is 64.0 Å². The van der Waals surface area contributed by atoms with Crippen molar-refractivity contribution in [3.05, 3.63) is 53.6 Å². The predicted octanol–water partition coefficient (Wildman–Crippen LogP) is 7.38. The second-order valence-electron chi connectivity index (χ2n) is 6.43. The number of rotatable bonds is 5. The van der Waals surface area contributed by atoms with Crippen molar-refractivity contribution in [2.75, 3.05) is 0 Å². The first-order valence-corrected chi connectivity index (χ1v) is 9.37. The molecule has 0 bridgehead atoms. The number of allylic oxidation sites excluding steroid dienone is 1. The monoisotopic (exact) mass is 328 g/mol. The van der Waals surface area contributed by atoms with Crippen LogP contribution in [0, 0.1) is 0 Å². The van der Waals surface area contributed by atoms with Gasteiger partial charge >= 0.3 is 0 Å². The molecule has 1 aliphatic carbocycles. The van der Waals surface area contributed by atoms with Gasteiger partial charge in [-0.15, -0.1) is 11.6 Å². The van der Waals surface area contributed by atoms with Crippen LogP contribution in [0.2, 0.25) is 0 Å². The molecule has 0 heterocycles. The van der Waals surface area contributed by atoms with Crippen LogP contribution in [-0.2, 0) is 6.42 Å². The first kappa shape index (κ1) is 18.1. The molecule has 0 atom stereocenters. The maximum absolute atomic E-state index is 6.29. The fourth-order valence-corrected chi connectivity index (χ4v) is 3.30. The minimum Gasteiger partial charge on any atom is -0.119 e. The quantitative estimate of drug-likeness (QED) is 0.502. The van der Waals surface area contributed by atoms with Gasteiger partial charge in [-0.05, 0) is 47.6 Å². The third kappa shape index (κ3) is 4.61. The maximum Gasteiger partial charge on any atom is 0.0441 e. The van der Waals surface area contributed by atoms with E-state index >= 15 is 0 Å². The van der Waals surface area contributed by atoms with Crippen LogP contribution in [0.3, 0.4) is 0 Å². The van der Waals surface area contributed by atoms with Crippen molar-refractivity contribution in [1.82, 2.24) is 0 Å². The molecule has 1 heteroatoms.